The predicted octanol–water partition coefficient (Wildman–Crippen LogP) is 5.76. The van der Waals surface area contributed by atoms with Gasteiger partial charge in [-0.2, -0.15) is 0 Å². The molecule has 7 nitrogen and oxygen atoms in total. The van der Waals surface area contributed by atoms with Crippen LogP contribution in [0.25, 0.3) is 11.0 Å². The number of carbonyl (C=O) groups is 1. The second-order valence-electron chi connectivity index (χ2n) is 9.16. The number of hydrogen-bond donors (Lipinski definition) is 2. The largest absolute Gasteiger partial charge is 0.392 e. The normalized spacial score (nSPS) is 19.9. The van der Waals surface area contributed by atoms with Crippen molar-refractivity contribution < 1.29 is 19.4 Å². The van der Waals surface area contributed by atoms with Crippen LogP contribution in [0.2, 0.25) is 0 Å². The van der Waals surface area contributed by atoms with Gasteiger partial charge in [-0.1, -0.05) is 95.5 Å². The Kier molecular flexibility index (Phi) is 8.23. The summed E-state index contributed by atoms with van der Waals surface area (Å²) in [5.74, 6) is -0.685. The SMILES string of the molecule is O=C(NCc1ccc([C@@H]2O[C@H](Cn3cnc4ccccc43)C[C@H](c3ccc(CO)cc3)O2)cc1)C(Cl)(Cl)Cl. The summed E-state index contributed by atoms with van der Waals surface area (Å²) < 4.78 is 13.0. The summed E-state index contributed by atoms with van der Waals surface area (Å²) in [5, 5.41) is 12.0. The van der Waals surface area contributed by atoms with E-state index in [-0.39, 0.29) is 25.4 Å². The van der Waals surface area contributed by atoms with Crippen LogP contribution in [-0.2, 0) is 34.0 Å². The number of para-hydroxylation sites is 2. The van der Waals surface area contributed by atoms with Crippen molar-refractivity contribution in [1.29, 1.82) is 0 Å². The number of amides is 1. The fourth-order valence-electron chi connectivity index (χ4n) is 4.48. The topological polar surface area (TPSA) is 85.6 Å². The van der Waals surface area contributed by atoms with Crippen molar-refractivity contribution in [3.8, 4) is 0 Å². The molecule has 1 amide bonds. The number of imidazole rings is 1. The fourth-order valence-corrected chi connectivity index (χ4v) is 4.68. The maximum absolute atomic E-state index is 11.8. The van der Waals surface area contributed by atoms with Gasteiger partial charge >= 0.3 is 0 Å². The van der Waals surface area contributed by atoms with E-state index in [0.717, 1.165) is 33.3 Å². The molecule has 1 saturated heterocycles. The zero-order chi connectivity index (χ0) is 26.7. The van der Waals surface area contributed by atoms with Crippen molar-refractivity contribution in [1.82, 2.24) is 14.9 Å². The molecule has 1 aliphatic heterocycles. The van der Waals surface area contributed by atoms with Gasteiger partial charge in [-0.15, -0.1) is 0 Å². The summed E-state index contributed by atoms with van der Waals surface area (Å²) >= 11 is 16.9. The van der Waals surface area contributed by atoms with E-state index in [0.29, 0.717) is 13.0 Å². The highest BCUT2D eigenvalue weighted by Crippen LogP contribution is 2.38. The van der Waals surface area contributed by atoms with E-state index in [2.05, 4.69) is 14.9 Å². The van der Waals surface area contributed by atoms with Gasteiger partial charge in [0.1, 0.15) is 0 Å². The van der Waals surface area contributed by atoms with Gasteiger partial charge in [0.05, 0.1) is 42.7 Å². The van der Waals surface area contributed by atoms with E-state index in [1.54, 1.807) is 0 Å². The van der Waals surface area contributed by atoms with Gasteiger partial charge in [-0.05, 0) is 28.8 Å². The maximum atomic E-state index is 11.8. The van der Waals surface area contributed by atoms with Gasteiger partial charge in [0.15, 0.2) is 6.29 Å². The number of fused-ring (bicyclic) bond motifs is 1. The molecule has 0 unspecified atom stereocenters. The van der Waals surface area contributed by atoms with Crippen LogP contribution in [0.4, 0.5) is 0 Å². The van der Waals surface area contributed by atoms with Crippen LogP contribution >= 0.6 is 34.8 Å². The van der Waals surface area contributed by atoms with E-state index in [9.17, 15) is 9.90 Å². The number of ether oxygens (including phenoxy) is 2. The van der Waals surface area contributed by atoms with Crippen molar-refractivity contribution in [2.45, 2.75) is 48.4 Å². The second kappa shape index (κ2) is 11.6. The first kappa shape index (κ1) is 26.9. The van der Waals surface area contributed by atoms with Gasteiger partial charge in [-0.25, -0.2) is 4.98 Å². The molecule has 0 bridgehead atoms. The summed E-state index contributed by atoms with van der Waals surface area (Å²) in [6.45, 7) is 0.824. The summed E-state index contributed by atoms with van der Waals surface area (Å²) in [6.07, 6.45) is 1.55. The molecule has 1 aliphatic rings. The van der Waals surface area contributed by atoms with E-state index in [4.69, 9.17) is 44.3 Å². The number of benzene rings is 3. The lowest BCUT2D eigenvalue weighted by Gasteiger charge is -2.36. The minimum atomic E-state index is -2.01. The van der Waals surface area contributed by atoms with Crippen molar-refractivity contribution in [2.24, 2.45) is 0 Å². The number of nitrogens with zero attached hydrogens (tertiary/aromatic N) is 2. The van der Waals surface area contributed by atoms with Crippen LogP contribution in [0.15, 0.2) is 79.1 Å². The molecule has 2 N–H and O–H groups in total. The molecule has 2 heterocycles. The Morgan fingerprint density at radius 2 is 1.66 bits per heavy atom. The van der Waals surface area contributed by atoms with Crippen molar-refractivity contribution in [3.63, 3.8) is 0 Å². The smallest absolute Gasteiger partial charge is 0.272 e. The van der Waals surface area contributed by atoms with Crippen molar-refractivity contribution >= 4 is 51.7 Å². The molecule has 3 aromatic carbocycles. The Hall–Kier alpha value is -2.65. The van der Waals surface area contributed by atoms with Gasteiger partial charge in [0.2, 0.25) is 0 Å². The number of carbonyl (C=O) groups excluding carboxylic acids is 1. The number of rotatable bonds is 7. The highest BCUT2D eigenvalue weighted by atomic mass is 35.6. The van der Waals surface area contributed by atoms with Crippen molar-refractivity contribution in [3.05, 3.63) is 101 Å². The molecule has 38 heavy (non-hydrogen) atoms. The first-order valence-electron chi connectivity index (χ1n) is 12.1. The molecule has 10 heteroatoms. The van der Waals surface area contributed by atoms with Crippen LogP contribution in [-0.4, -0.2) is 30.5 Å². The van der Waals surface area contributed by atoms with Gasteiger partial charge < -0.3 is 24.5 Å². The summed E-state index contributed by atoms with van der Waals surface area (Å²) in [5.41, 5.74) is 5.52. The summed E-state index contributed by atoms with van der Waals surface area (Å²) in [7, 11) is 0. The molecule has 0 saturated carbocycles. The third-order valence-electron chi connectivity index (χ3n) is 6.51. The Morgan fingerprint density at radius 3 is 2.37 bits per heavy atom. The first-order valence-corrected chi connectivity index (χ1v) is 13.3. The quantitative estimate of drug-likeness (QED) is 0.274. The third kappa shape index (κ3) is 6.31. The first-order chi connectivity index (χ1) is 18.3. The number of aliphatic hydroxyl groups is 1. The average molecular weight is 575 g/mol. The lowest BCUT2D eigenvalue weighted by atomic mass is 9.99. The molecular formula is C28H26Cl3N3O4. The zero-order valence-corrected chi connectivity index (χ0v) is 22.5. The summed E-state index contributed by atoms with van der Waals surface area (Å²) in [4.78, 5) is 16.4. The van der Waals surface area contributed by atoms with E-state index in [1.807, 2.05) is 79.1 Å². The Bertz CT molecular complexity index is 1390. The molecule has 5 rings (SSSR count). The monoisotopic (exact) mass is 573 g/mol. The molecule has 198 valence electrons. The van der Waals surface area contributed by atoms with Gasteiger partial charge in [0, 0.05) is 18.5 Å². The van der Waals surface area contributed by atoms with Gasteiger partial charge in [0.25, 0.3) is 9.70 Å². The molecule has 1 aromatic heterocycles. The van der Waals surface area contributed by atoms with E-state index < -0.39 is 16.0 Å². The van der Waals surface area contributed by atoms with Crippen molar-refractivity contribution in [2.75, 3.05) is 0 Å². The molecule has 0 radical (unpaired) electrons. The maximum Gasteiger partial charge on any atom is 0.272 e. The number of nitrogens with one attached hydrogen (secondary N) is 1. The Morgan fingerprint density at radius 1 is 0.974 bits per heavy atom. The second-order valence-corrected chi connectivity index (χ2v) is 11.4. The minimum absolute atomic E-state index is 0.0116. The summed E-state index contributed by atoms with van der Waals surface area (Å²) in [6, 6.07) is 23.3. The van der Waals surface area contributed by atoms with Crippen LogP contribution in [0.1, 0.15) is 41.1 Å². The molecule has 4 aromatic rings. The number of aromatic nitrogens is 2. The van der Waals surface area contributed by atoms with Gasteiger partial charge in [-0.3, -0.25) is 4.79 Å². The van der Waals surface area contributed by atoms with Crippen LogP contribution in [0.5, 0.6) is 0 Å². The Balaban J connectivity index is 1.35. The van der Waals surface area contributed by atoms with Crippen LogP contribution in [0, 0.1) is 0 Å². The molecular weight excluding hydrogens is 549 g/mol. The minimum Gasteiger partial charge on any atom is -0.392 e. The highest BCUT2D eigenvalue weighted by Gasteiger charge is 2.33. The number of alkyl halides is 3. The number of hydrogen-bond acceptors (Lipinski definition) is 5. The standard InChI is InChI=1S/C28H26Cl3N3O4/c29-28(30,31)27(36)32-14-18-5-11-21(12-6-18)26-37-22(15-34-17-33-23-3-1-2-4-24(23)34)13-25(38-26)20-9-7-19(16-35)8-10-20/h1-12,17,22,25-26,35H,13-16H2,(H,32,36)/t22-,25+,26+/m0/s1. The lowest BCUT2D eigenvalue weighted by molar-refractivity contribution is -0.252. The van der Waals surface area contributed by atoms with E-state index >= 15 is 0 Å². The van der Waals surface area contributed by atoms with E-state index in [1.165, 1.54) is 0 Å². The molecule has 0 aliphatic carbocycles. The molecule has 1 fully saturated rings. The lowest BCUT2D eigenvalue weighted by Crippen LogP contribution is -2.34. The average Bonchev–Trinajstić information content (AvgIpc) is 3.34. The predicted molar refractivity (Wildman–Crippen MR) is 147 cm³/mol. The zero-order valence-electron chi connectivity index (χ0n) is 20.3. The number of aliphatic hydroxyl groups excluding tert-OH is 1. The highest BCUT2D eigenvalue weighted by molar-refractivity contribution is 6.76. The fraction of sp³-hybridized carbons (Fsp3) is 0.286. The third-order valence-corrected chi connectivity index (χ3v) is 7.02. The number of halogens is 3. The Labute approximate surface area is 235 Å². The van der Waals surface area contributed by atoms with Crippen LogP contribution in [0.3, 0.4) is 0 Å². The van der Waals surface area contributed by atoms with Crippen LogP contribution < -0.4 is 5.32 Å². The molecule has 3 atom stereocenters. The molecule has 0 spiro atoms.